The molecule has 0 unspecified atom stereocenters. The summed E-state index contributed by atoms with van der Waals surface area (Å²) in [6.07, 6.45) is 0. The second-order valence-electron chi connectivity index (χ2n) is 4.18. The lowest BCUT2D eigenvalue weighted by Gasteiger charge is -2.20. The highest BCUT2D eigenvalue weighted by Gasteiger charge is 2.21. The molecule has 0 saturated heterocycles. The Balaban J connectivity index is 1.82. The molecule has 108 valence electrons. The molecule has 0 spiro atoms. The summed E-state index contributed by atoms with van der Waals surface area (Å²) in [5, 5.41) is 11.9. The molecule has 0 radical (unpaired) electrons. The summed E-state index contributed by atoms with van der Waals surface area (Å²) in [6, 6.07) is 8.00. The normalized spacial score (nSPS) is 10.7. The van der Waals surface area contributed by atoms with Crippen molar-refractivity contribution < 1.29 is 4.79 Å². The van der Waals surface area contributed by atoms with Crippen LogP contribution in [0.4, 0.5) is 0 Å². The van der Waals surface area contributed by atoms with Gasteiger partial charge < -0.3 is 4.90 Å². The van der Waals surface area contributed by atoms with E-state index in [9.17, 15) is 4.79 Å². The van der Waals surface area contributed by atoms with Crippen molar-refractivity contribution >= 4 is 51.5 Å². The lowest BCUT2D eigenvalue weighted by Crippen LogP contribution is -2.29. The number of carbonyl (C=O) groups is 1. The summed E-state index contributed by atoms with van der Waals surface area (Å²) in [5.74, 6) is -0.138. The van der Waals surface area contributed by atoms with Crippen LogP contribution in [0.15, 0.2) is 35.0 Å². The predicted octanol–water partition coefficient (Wildman–Crippen LogP) is 4.16. The van der Waals surface area contributed by atoms with E-state index < -0.39 is 0 Å². The molecular weight excluding hydrogens is 346 g/mol. The van der Waals surface area contributed by atoms with Gasteiger partial charge in [-0.1, -0.05) is 23.5 Å². The van der Waals surface area contributed by atoms with E-state index in [0.717, 1.165) is 21.1 Å². The van der Waals surface area contributed by atoms with Crippen molar-refractivity contribution in [2.75, 3.05) is 0 Å². The van der Waals surface area contributed by atoms with Crippen molar-refractivity contribution in [2.45, 2.75) is 13.1 Å². The van der Waals surface area contributed by atoms with Crippen molar-refractivity contribution in [1.82, 2.24) is 15.1 Å². The van der Waals surface area contributed by atoms with Crippen molar-refractivity contribution in [3.05, 3.63) is 54.3 Å². The molecule has 0 aliphatic heterocycles. The van der Waals surface area contributed by atoms with Gasteiger partial charge in [0.25, 0.3) is 5.91 Å². The van der Waals surface area contributed by atoms with Crippen LogP contribution in [0, 0.1) is 0 Å². The van der Waals surface area contributed by atoms with Gasteiger partial charge in [0.05, 0.1) is 13.1 Å². The number of rotatable bonds is 5. The van der Waals surface area contributed by atoms with Crippen LogP contribution in [-0.2, 0) is 13.1 Å². The molecular formula is C13H10ClN3OS3. The molecule has 0 atom stereocenters. The number of carbonyl (C=O) groups excluding carboxylic acids is 1. The standard InChI is InChI=1S/C13H10ClN3OS3/c14-13-16-15-11(21-13)12(18)17(7-9-3-1-5-19-9)8-10-4-2-6-20-10/h1-6H,7-8H2. The fourth-order valence-corrected chi connectivity index (χ4v) is 4.04. The SMILES string of the molecule is O=C(c1nnc(Cl)s1)N(Cc1cccs1)Cc1cccs1. The van der Waals surface area contributed by atoms with Gasteiger partial charge >= 0.3 is 0 Å². The highest BCUT2D eigenvalue weighted by Crippen LogP contribution is 2.22. The summed E-state index contributed by atoms with van der Waals surface area (Å²) in [7, 11) is 0. The van der Waals surface area contributed by atoms with Crippen LogP contribution in [0.1, 0.15) is 19.6 Å². The number of aromatic nitrogens is 2. The highest BCUT2D eigenvalue weighted by atomic mass is 35.5. The van der Waals surface area contributed by atoms with Gasteiger partial charge in [-0.15, -0.1) is 32.9 Å². The van der Waals surface area contributed by atoms with Crippen LogP contribution in [0.5, 0.6) is 0 Å². The van der Waals surface area contributed by atoms with Crippen molar-refractivity contribution in [2.24, 2.45) is 0 Å². The van der Waals surface area contributed by atoms with Crippen LogP contribution in [-0.4, -0.2) is 21.0 Å². The van der Waals surface area contributed by atoms with Gasteiger partial charge in [0, 0.05) is 9.75 Å². The van der Waals surface area contributed by atoms with Gasteiger partial charge in [-0.3, -0.25) is 4.79 Å². The van der Waals surface area contributed by atoms with Crippen LogP contribution >= 0.6 is 45.6 Å². The fourth-order valence-electron chi connectivity index (χ4n) is 1.81. The molecule has 8 heteroatoms. The third-order valence-corrected chi connectivity index (χ3v) is 5.45. The molecule has 0 aliphatic carbocycles. The number of hydrogen-bond donors (Lipinski definition) is 0. The minimum Gasteiger partial charge on any atom is -0.326 e. The number of hydrogen-bond acceptors (Lipinski definition) is 6. The third-order valence-electron chi connectivity index (χ3n) is 2.72. The summed E-state index contributed by atoms with van der Waals surface area (Å²) >= 11 is 10.1. The molecule has 3 aromatic heterocycles. The van der Waals surface area contributed by atoms with Gasteiger partial charge in [-0.2, -0.15) is 0 Å². The Kier molecular flexibility index (Phi) is 4.64. The second kappa shape index (κ2) is 6.65. The van der Waals surface area contributed by atoms with E-state index in [1.54, 1.807) is 27.6 Å². The first-order valence-electron chi connectivity index (χ1n) is 6.05. The summed E-state index contributed by atoms with van der Waals surface area (Å²) in [4.78, 5) is 16.6. The summed E-state index contributed by atoms with van der Waals surface area (Å²) < 4.78 is 0.283. The largest absolute Gasteiger partial charge is 0.326 e. The van der Waals surface area contributed by atoms with E-state index in [4.69, 9.17) is 11.6 Å². The molecule has 0 saturated carbocycles. The van der Waals surface area contributed by atoms with Crippen LogP contribution < -0.4 is 0 Å². The first-order valence-corrected chi connectivity index (χ1v) is 9.01. The Morgan fingerprint density at radius 1 is 1.10 bits per heavy atom. The average molecular weight is 356 g/mol. The minimum atomic E-state index is -0.138. The van der Waals surface area contributed by atoms with Gasteiger partial charge in [0.2, 0.25) is 9.47 Å². The van der Waals surface area contributed by atoms with Gasteiger partial charge in [-0.25, -0.2) is 0 Å². The Labute approximate surface area is 138 Å². The predicted molar refractivity (Wildman–Crippen MR) is 87.1 cm³/mol. The van der Waals surface area contributed by atoms with E-state index in [2.05, 4.69) is 10.2 Å². The molecule has 0 aromatic carbocycles. The highest BCUT2D eigenvalue weighted by molar-refractivity contribution is 7.17. The molecule has 0 fully saturated rings. The Morgan fingerprint density at radius 2 is 1.71 bits per heavy atom. The zero-order valence-electron chi connectivity index (χ0n) is 10.7. The molecule has 3 rings (SSSR count). The first kappa shape index (κ1) is 14.6. The van der Waals surface area contributed by atoms with Gasteiger partial charge in [0.15, 0.2) is 0 Å². The van der Waals surface area contributed by atoms with Gasteiger partial charge in [-0.05, 0) is 34.5 Å². The molecule has 1 amide bonds. The topological polar surface area (TPSA) is 46.1 Å². The molecule has 3 heterocycles. The summed E-state index contributed by atoms with van der Waals surface area (Å²) in [6.45, 7) is 1.12. The van der Waals surface area contributed by atoms with E-state index in [1.807, 2.05) is 35.0 Å². The molecule has 0 N–H and O–H groups in total. The number of halogens is 1. The van der Waals surface area contributed by atoms with Crippen molar-refractivity contribution in [3.8, 4) is 0 Å². The molecule has 0 aliphatic rings. The van der Waals surface area contributed by atoms with E-state index in [0.29, 0.717) is 18.1 Å². The minimum absolute atomic E-state index is 0.138. The quantitative estimate of drug-likeness (QED) is 0.690. The first-order chi connectivity index (χ1) is 10.2. The van der Waals surface area contributed by atoms with E-state index >= 15 is 0 Å². The van der Waals surface area contributed by atoms with Crippen LogP contribution in [0.2, 0.25) is 4.47 Å². The fraction of sp³-hybridized carbons (Fsp3) is 0.154. The van der Waals surface area contributed by atoms with Crippen molar-refractivity contribution in [3.63, 3.8) is 0 Å². The molecule has 3 aromatic rings. The monoisotopic (exact) mass is 355 g/mol. The van der Waals surface area contributed by atoms with Gasteiger partial charge in [0.1, 0.15) is 0 Å². The second-order valence-corrected chi connectivity index (χ2v) is 7.80. The Bertz CT molecular complexity index is 673. The maximum Gasteiger partial charge on any atom is 0.285 e. The average Bonchev–Trinajstić information content (AvgIpc) is 3.19. The van der Waals surface area contributed by atoms with Crippen LogP contribution in [0.3, 0.4) is 0 Å². The van der Waals surface area contributed by atoms with Crippen molar-refractivity contribution in [1.29, 1.82) is 0 Å². The maximum absolute atomic E-state index is 12.6. The Hall–Kier alpha value is -1.28. The molecule has 0 bridgehead atoms. The lowest BCUT2D eigenvalue weighted by molar-refractivity contribution is 0.0732. The maximum atomic E-state index is 12.6. The molecule has 4 nitrogen and oxygen atoms in total. The number of amides is 1. The third kappa shape index (κ3) is 3.68. The van der Waals surface area contributed by atoms with E-state index in [1.165, 1.54) is 0 Å². The lowest BCUT2D eigenvalue weighted by atomic mass is 10.3. The number of nitrogens with zero attached hydrogens (tertiary/aromatic N) is 3. The zero-order valence-corrected chi connectivity index (χ0v) is 13.9. The van der Waals surface area contributed by atoms with E-state index in [-0.39, 0.29) is 10.4 Å². The smallest absolute Gasteiger partial charge is 0.285 e. The Morgan fingerprint density at radius 3 is 2.14 bits per heavy atom. The van der Waals surface area contributed by atoms with Crippen LogP contribution in [0.25, 0.3) is 0 Å². The number of thiophene rings is 2. The summed E-state index contributed by atoms with van der Waals surface area (Å²) in [5.41, 5.74) is 0. The zero-order chi connectivity index (χ0) is 14.7. The molecule has 21 heavy (non-hydrogen) atoms.